The predicted molar refractivity (Wildman–Crippen MR) is 63.8 cm³/mol. The lowest BCUT2D eigenvalue weighted by molar-refractivity contribution is -0.120. The Hall–Kier alpha value is -1.86. The summed E-state index contributed by atoms with van der Waals surface area (Å²) in [6, 6.07) is 1.03. The fourth-order valence-corrected chi connectivity index (χ4v) is 1.97. The summed E-state index contributed by atoms with van der Waals surface area (Å²) >= 11 is 0. The maximum atomic E-state index is 13.9. The number of nitrogens with two attached hydrogens (primary N) is 1. The van der Waals surface area contributed by atoms with Gasteiger partial charge >= 0.3 is 6.18 Å². The average molecular weight is 293 g/mol. The number of benzene rings is 1. The first-order valence-corrected chi connectivity index (χ1v) is 5.86. The summed E-state index contributed by atoms with van der Waals surface area (Å²) in [4.78, 5) is 0.689. The summed E-state index contributed by atoms with van der Waals surface area (Å²) in [5, 5.41) is 7.10. The van der Waals surface area contributed by atoms with Crippen molar-refractivity contribution in [3.8, 4) is 0 Å². The van der Waals surface area contributed by atoms with E-state index in [1.165, 1.54) is 0 Å². The van der Waals surface area contributed by atoms with E-state index < -0.39 is 41.9 Å². The number of halogens is 5. The van der Waals surface area contributed by atoms with E-state index in [0.717, 1.165) is 12.1 Å². The number of amidine groups is 1. The molecule has 0 aromatic heterocycles. The number of nitrogens with zero attached hydrogens (tertiary/aromatic N) is 1. The highest BCUT2D eigenvalue weighted by molar-refractivity contribution is 5.95. The molecule has 3 nitrogen and oxygen atoms in total. The molecule has 0 unspecified atom stereocenters. The molecule has 0 saturated heterocycles. The first kappa shape index (κ1) is 14.5. The van der Waals surface area contributed by atoms with E-state index in [4.69, 9.17) is 11.1 Å². The molecule has 1 fully saturated rings. The molecule has 1 aliphatic rings. The van der Waals surface area contributed by atoms with E-state index in [2.05, 4.69) is 0 Å². The number of nitrogens with one attached hydrogen (secondary N) is 1. The van der Waals surface area contributed by atoms with Gasteiger partial charge in [0.25, 0.3) is 0 Å². The van der Waals surface area contributed by atoms with Crippen molar-refractivity contribution in [2.24, 2.45) is 5.73 Å². The van der Waals surface area contributed by atoms with Gasteiger partial charge in [-0.2, -0.15) is 13.2 Å². The third kappa shape index (κ3) is 3.17. The third-order valence-corrected chi connectivity index (χ3v) is 2.95. The molecular weight excluding hydrogens is 281 g/mol. The van der Waals surface area contributed by atoms with Crippen LogP contribution in [-0.4, -0.2) is 24.6 Å². The Morgan fingerprint density at radius 1 is 1.25 bits per heavy atom. The van der Waals surface area contributed by atoms with Crippen LogP contribution in [0.25, 0.3) is 0 Å². The Balaban J connectivity index is 2.41. The lowest BCUT2D eigenvalue weighted by Gasteiger charge is -2.26. The highest BCUT2D eigenvalue weighted by Gasteiger charge is 2.40. The predicted octanol–water partition coefficient (Wildman–Crippen LogP) is 2.78. The van der Waals surface area contributed by atoms with Gasteiger partial charge in [0.05, 0.1) is 0 Å². The third-order valence-electron chi connectivity index (χ3n) is 2.95. The standard InChI is InChI=1S/C12H12F5N3/c13-8-3-6(11(18)19)4-9(14)10(8)20(7-1-2-7)5-12(15,16)17/h3-4,7H,1-2,5H2,(H3,18,19). The monoisotopic (exact) mass is 293 g/mol. The second-order valence-corrected chi connectivity index (χ2v) is 4.68. The van der Waals surface area contributed by atoms with Gasteiger partial charge < -0.3 is 10.6 Å². The van der Waals surface area contributed by atoms with Crippen molar-refractivity contribution in [3.63, 3.8) is 0 Å². The average Bonchev–Trinajstić information content (AvgIpc) is 3.08. The van der Waals surface area contributed by atoms with Crippen molar-refractivity contribution in [1.29, 1.82) is 5.41 Å². The summed E-state index contributed by atoms with van der Waals surface area (Å²) in [7, 11) is 0. The molecule has 8 heteroatoms. The van der Waals surface area contributed by atoms with Crippen LogP contribution in [-0.2, 0) is 0 Å². The van der Waals surface area contributed by atoms with E-state index in [-0.39, 0.29) is 5.56 Å². The van der Waals surface area contributed by atoms with Crippen molar-refractivity contribution in [3.05, 3.63) is 29.3 Å². The maximum Gasteiger partial charge on any atom is 0.405 e. The van der Waals surface area contributed by atoms with Crippen LogP contribution in [0.15, 0.2) is 12.1 Å². The van der Waals surface area contributed by atoms with Gasteiger partial charge in [-0.25, -0.2) is 8.78 Å². The van der Waals surface area contributed by atoms with Gasteiger partial charge in [-0.1, -0.05) is 0 Å². The van der Waals surface area contributed by atoms with Crippen molar-refractivity contribution in [2.75, 3.05) is 11.4 Å². The fraction of sp³-hybridized carbons (Fsp3) is 0.417. The minimum atomic E-state index is -4.55. The molecule has 2 rings (SSSR count). The van der Waals surface area contributed by atoms with Gasteiger partial charge in [0.1, 0.15) is 29.7 Å². The van der Waals surface area contributed by atoms with Crippen molar-refractivity contribution in [1.82, 2.24) is 0 Å². The van der Waals surface area contributed by atoms with Crippen LogP contribution in [0.3, 0.4) is 0 Å². The van der Waals surface area contributed by atoms with Crippen molar-refractivity contribution < 1.29 is 22.0 Å². The van der Waals surface area contributed by atoms with Gasteiger partial charge in [-0.05, 0) is 25.0 Å². The molecule has 20 heavy (non-hydrogen) atoms. The van der Waals surface area contributed by atoms with Crippen LogP contribution in [0.2, 0.25) is 0 Å². The van der Waals surface area contributed by atoms with Gasteiger partial charge in [0.15, 0.2) is 0 Å². The van der Waals surface area contributed by atoms with E-state index in [1.54, 1.807) is 0 Å². The molecule has 1 aliphatic carbocycles. The lowest BCUT2D eigenvalue weighted by Crippen LogP contribution is -2.37. The summed E-state index contributed by atoms with van der Waals surface area (Å²) in [5.74, 6) is -2.85. The van der Waals surface area contributed by atoms with Crippen LogP contribution < -0.4 is 10.6 Å². The van der Waals surface area contributed by atoms with Crippen LogP contribution in [0.1, 0.15) is 18.4 Å². The number of anilines is 1. The van der Waals surface area contributed by atoms with Crippen molar-refractivity contribution >= 4 is 11.5 Å². The number of rotatable bonds is 4. The summed E-state index contributed by atoms with van der Waals surface area (Å²) in [5.41, 5.74) is 4.19. The summed E-state index contributed by atoms with van der Waals surface area (Å²) in [6.45, 7) is -1.41. The van der Waals surface area contributed by atoms with E-state index in [1.807, 2.05) is 0 Å². The number of nitrogen functional groups attached to an aromatic ring is 1. The smallest absolute Gasteiger partial charge is 0.384 e. The Morgan fingerprint density at radius 3 is 2.10 bits per heavy atom. The molecule has 0 heterocycles. The number of hydrogen-bond acceptors (Lipinski definition) is 2. The molecule has 1 aromatic rings. The molecular formula is C12H12F5N3. The molecule has 0 radical (unpaired) electrons. The van der Waals surface area contributed by atoms with E-state index in [9.17, 15) is 22.0 Å². The minimum Gasteiger partial charge on any atom is -0.384 e. The van der Waals surface area contributed by atoms with E-state index >= 15 is 0 Å². The molecule has 3 N–H and O–H groups in total. The minimum absolute atomic E-state index is 0.202. The maximum absolute atomic E-state index is 13.9. The first-order chi connectivity index (χ1) is 9.19. The fourth-order valence-electron chi connectivity index (χ4n) is 1.97. The van der Waals surface area contributed by atoms with Crippen LogP contribution in [0, 0.1) is 17.0 Å². The Morgan fingerprint density at radius 2 is 1.75 bits per heavy atom. The second kappa shape index (κ2) is 4.92. The molecule has 0 atom stereocenters. The van der Waals surface area contributed by atoms with E-state index in [0.29, 0.717) is 17.7 Å². The summed E-state index contributed by atoms with van der Waals surface area (Å²) in [6.07, 6.45) is -3.63. The zero-order chi connectivity index (χ0) is 15.1. The van der Waals surface area contributed by atoms with Crippen molar-refractivity contribution in [2.45, 2.75) is 25.1 Å². The van der Waals surface area contributed by atoms with Crippen LogP contribution in [0.5, 0.6) is 0 Å². The quantitative estimate of drug-likeness (QED) is 0.509. The molecule has 0 bridgehead atoms. The SMILES string of the molecule is N=C(N)c1cc(F)c(N(CC(F)(F)F)C2CC2)c(F)c1. The largest absolute Gasteiger partial charge is 0.405 e. The van der Waals surface area contributed by atoms with Gasteiger partial charge in [-0.15, -0.1) is 0 Å². The Labute approximate surface area is 111 Å². The number of alkyl halides is 3. The zero-order valence-electron chi connectivity index (χ0n) is 10.3. The topological polar surface area (TPSA) is 53.1 Å². The lowest BCUT2D eigenvalue weighted by atomic mass is 10.1. The van der Waals surface area contributed by atoms with Gasteiger partial charge in [0, 0.05) is 11.6 Å². The zero-order valence-corrected chi connectivity index (χ0v) is 10.3. The van der Waals surface area contributed by atoms with Crippen LogP contribution >= 0.6 is 0 Å². The molecule has 1 aromatic carbocycles. The first-order valence-electron chi connectivity index (χ1n) is 5.86. The number of hydrogen-bond donors (Lipinski definition) is 2. The summed E-state index contributed by atoms with van der Waals surface area (Å²) < 4.78 is 65.3. The molecule has 0 aliphatic heterocycles. The Kier molecular flexibility index (Phi) is 3.58. The molecule has 0 spiro atoms. The molecule has 1 saturated carbocycles. The van der Waals surface area contributed by atoms with Gasteiger partial charge in [0.2, 0.25) is 0 Å². The normalized spacial score (nSPS) is 15.2. The highest BCUT2D eigenvalue weighted by atomic mass is 19.4. The van der Waals surface area contributed by atoms with Crippen LogP contribution in [0.4, 0.5) is 27.6 Å². The highest BCUT2D eigenvalue weighted by Crippen LogP contribution is 2.37. The van der Waals surface area contributed by atoms with Gasteiger partial charge in [-0.3, -0.25) is 5.41 Å². The molecule has 110 valence electrons. The second-order valence-electron chi connectivity index (χ2n) is 4.68. The Bertz CT molecular complexity index is 513. The molecule has 0 amide bonds.